The molecule has 0 aliphatic heterocycles. The fraction of sp³-hybridized carbons (Fsp3) is 0.0870. The van der Waals surface area contributed by atoms with Crippen molar-refractivity contribution in [3.05, 3.63) is 101 Å². The number of aromatic nitrogens is 1. The lowest BCUT2D eigenvalue weighted by Gasteiger charge is -2.12. The van der Waals surface area contributed by atoms with E-state index in [1.54, 1.807) is 11.3 Å². The average Bonchev–Trinajstić information content (AvgIpc) is 3.27. The van der Waals surface area contributed by atoms with Gasteiger partial charge in [-0.1, -0.05) is 60.7 Å². The molecule has 1 heterocycles. The molecule has 0 radical (unpaired) electrons. The first-order chi connectivity index (χ1) is 13.4. The Morgan fingerprint density at radius 1 is 0.704 bits per heavy atom. The molecule has 4 heteroatoms. The smallest absolute Gasteiger partial charge is 0.124 e. The monoisotopic (exact) mass is 373 g/mol. The van der Waals surface area contributed by atoms with E-state index in [1.165, 1.54) is 0 Å². The van der Waals surface area contributed by atoms with Crippen molar-refractivity contribution in [3.63, 3.8) is 0 Å². The Morgan fingerprint density at radius 3 is 1.74 bits per heavy atom. The number of thiazole rings is 1. The van der Waals surface area contributed by atoms with E-state index in [9.17, 15) is 0 Å². The van der Waals surface area contributed by atoms with Gasteiger partial charge in [0.05, 0.1) is 11.2 Å². The predicted molar refractivity (Wildman–Crippen MR) is 109 cm³/mol. The van der Waals surface area contributed by atoms with E-state index in [1.807, 2.05) is 65.5 Å². The van der Waals surface area contributed by atoms with Crippen LogP contribution in [0.25, 0.3) is 11.3 Å². The van der Waals surface area contributed by atoms with Crippen molar-refractivity contribution in [1.82, 2.24) is 4.98 Å². The Hall–Kier alpha value is -3.11. The number of rotatable bonds is 7. The van der Waals surface area contributed by atoms with Crippen LogP contribution in [0, 0.1) is 0 Å². The van der Waals surface area contributed by atoms with E-state index in [0.717, 1.165) is 33.9 Å². The first-order valence-corrected chi connectivity index (χ1v) is 9.68. The molecule has 0 bridgehead atoms. The van der Waals surface area contributed by atoms with Gasteiger partial charge in [-0.2, -0.15) is 0 Å². The van der Waals surface area contributed by atoms with Crippen molar-refractivity contribution in [2.24, 2.45) is 0 Å². The fourth-order valence-electron chi connectivity index (χ4n) is 2.72. The Balaban J connectivity index is 1.55. The van der Waals surface area contributed by atoms with Gasteiger partial charge in [-0.05, 0) is 23.3 Å². The Morgan fingerprint density at radius 2 is 1.26 bits per heavy atom. The highest BCUT2D eigenvalue weighted by Gasteiger charge is 2.08. The fourth-order valence-corrected chi connectivity index (χ4v) is 3.28. The Bertz CT molecular complexity index is 908. The first-order valence-electron chi connectivity index (χ1n) is 8.74. The number of nitrogens with zero attached hydrogens (tertiary/aromatic N) is 1. The second kappa shape index (κ2) is 8.52. The molecule has 134 valence electrons. The molecule has 0 spiro atoms. The largest absolute Gasteiger partial charge is 0.489 e. The third-order valence-corrected chi connectivity index (χ3v) is 4.69. The van der Waals surface area contributed by atoms with Gasteiger partial charge >= 0.3 is 0 Å². The van der Waals surface area contributed by atoms with E-state index in [-0.39, 0.29) is 0 Å². The zero-order chi connectivity index (χ0) is 18.3. The third kappa shape index (κ3) is 4.74. The van der Waals surface area contributed by atoms with Crippen LogP contribution >= 0.6 is 11.3 Å². The van der Waals surface area contributed by atoms with Crippen LogP contribution in [0.1, 0.15) is 11.1 Å². The van der Waals surface area contributed by atoms with Gasteiger partial charge in [0.15, 0.2) is 0 Å². The predicted octanol–water partition coefficient (Wildman–Crippen LogP) is 5.97. The summed E-state index contributed by atoms with van der Waals surface area (Å²) in [6, 6.07) is 26.2. The summed E-state index contributed by atoms with van der Waals surface area (Å²) in [6.07, 6.45) is 0. The lowest BCUT2D eigenvalue weighted by molar-refractivity contribution is 0.290. The normalized spacial score (nSPS) is 10.5. The Kier molecular flexibility index (Phi) is 5.46. The van der Waals surface area contributed by atoms with Gasteiger partial charge in [0.2, 0.25) is 0 Å². The number of ether oxygens (including phenoxy) is 2. The number of hydrogen-bond acceptors (Lipinski definition) is 4. The summed E-state index contributed by atoms with van der Waals surface area (Å²) in [5, 5.41) is 2.03. The zero-order valence-corrected chi connectivity index (χ0v) is 15.6. The molecule has 3 nitrogen and oxygen atoms in total. The quantitative estimate of drug-likeness (QED) is 0.400. The summed E-state index contributed by atoms with van der Waals surface area (Å²) in [5.74, 6) is 1.54. The maximum absolute atomic E-state index is 6.02. The van der Waals surface area contributed by atoms with E-state index in [0.29, 0.717) is 13.2 Å². The van der Waals surface area contributed by atoms with Crippen molar-refractivity contribution in [2.45, 2.75) is 13.2 Å². The summed E-state index contributed by atoms with van der Waals surface area (Å²) in [7, 11) is 0. The molecule has 3 aromatic carbocycles. The molecule has 0 aliphatic carbocycles. The molecule has 0 atom stereocenters. The highest BCUT2D eigenvalue weighted by atomic mass is 32.1. The zero-order valence-electron chi connectivity index (χ0n) is 14.7. The molecule has 1 aromatic heterocycles. The van der Waals surface area contributed by atoms with Crippen molar-refractivity contribution in [2.75, 3.05) is 0 Å². The molecule has 0 fully saturated rings. The van der Waals surface area contributed by atoms with E-state index in [2.05, 4.69) is 29.2 Å². The minimum Gasteiger partial charge on any atom is -0.489 e. The minimum atomic E-state index is 0.513. The summed E-state index contributed by atoms with van der Waals surface area (Å²) in [5.41, 5.74) is 6.00. The summed E-state index contributed by atoms with van der Waals surface area (Å²) in [6.45, 7) is 1.03. The number of hydrogen-bond donors (Lipinski definition) is 0. The van der Waals surface area contributed by atoms with E-state index in [4.69, 9.17) is 9.47 Å². The van der Waals surface area contributed by atoms with Gasteiger partial charge in [-0.3, -0.25) is 0 Å². The molecule has 0 saturated carbocycles. The minimum absolute atomic E-state index is 0.513. The molecule has 0 aliphatic rings. The summed E-state index contributed by atoms with van der Waals surface area (Å²) >= 11 is 1.57. The molecule has 4 rings (SSSR count). The van der Waals surface area contributed by atoms with Gasteiger partial charge in [0, 0.05) is 17.0 Å². The standard InChI is InChI=1S/C23H19NO2S/c1-3-7-18(8-4-1)14-25-21-11-20(23-16-27-17-24-23)12-22(13-21)26-15-19-9-5-2-6-10-19/h1-13,16-17H,14-15H2. The van der Waals surface area contributed by atoms with Crippen molar-refractivity contribution in [3.8, 4) is 22.8 Å². The molecule has 0 unspecified atom stereocenters. The van der Waals surface area contributed by atoms with Crippen LogP contribution in [-0.2, 0) is 13.2 Å². The van der Waals surface area contributed by atoms with Gasteiger partial charge in [0.1, 0.15) is 24.7 Å². The van der Waals surface area contributed by atoms with Gasteiger partial charge < -0.3 is 9.47 Å². The summed E-state index contributed by atoms with van der Waals surface area (Å²) < 4.78 is 12.0. The molecule has 27 heavy (non-hydrogen) atoms. The van der Waals surface area contributed by atoms with Crippen LogP contribution in [0.3, 0.4) is 0 Å². The second-order valence-corrected chi connectivity index (χ2v) is 6.83. The maximum atomic E-state index is 6.02. The van der Waals surface area contributed by atoms with Gasteiger partial charge in [-0.15, -0.1) is 11.3 Å². The Labute approximate surface area is 162 Å². The highest BCUT2D eigenvalue weighted by Crippen LogP contribution is 2.30. The third-order valence-electron chi connectivity index (χ3n) is 4.10. The average molecular weight is 373 g/mol. The van der Waals surface area contributed by atoms with E-state index < -0.39 is 0 Å². The van der Waals surface area contributed by atoms with Crippen LogP contribution in [0.5, 0.6) is 11.5 Å². The molecule has 4 aromatic rings. The van der Waals surface area contributed by atoms with E-state index >= 15 is 0 Å². The van der Waals surface area contributed by atoms with Crippen LogP contribution in [-0.4, -0.2) is 4.98 Å². The van der Waals surface area contributed by atoms with Gasteiger partial charge in [-0.25, -0.2) is 4.98 Å². The lowest BCUT2D eigenvalue weighted by atomic mass is 10.1. The van der Waals surface area contributed by atoms with Crippen LogP contribution in [0.4, 0.5) is 0 Å². The first kappa shape index (κ1) is 17.3. The number of benzene rings is 3. The lowest BCUT2D eigenvalue weighted by Crippen LogP contribution is -1.98. The van der Waals surface area contributed by atoms with Crippen LogP contribution in [0.2, 0.25) is 0 Å². The summed E-state index contributed by atoms with van der Waals surface area (Å²) in [4.78, 5) is 4.41. The molecule has 0 N–H and O–H groups in total. The molecular weight excluding hydrogens is 354 g/mol. The van der Waals surface area contributed by atoms with Crippen molar-refractivity contribution >= 4 is 11.3 Å². The SMILES string of the molecule is c1ccc(COc2cc(OCc3ccccc3)cc(-c3cscn3)c2)cc1. The van der Waals surface area contributed by atoms with Crippen molar-refractivity contribution in [1.29, 1.82) is 0 Å². The molecular formula is C23H19NO2S. The topological polar surface area (TPSA) is 31.4 Å². The van der Waals surface area contributed by atoms with Crippen LogP contribution in [0.15, 0.2) is 89.8 Å². The highest BCUT2D eigenvalue weighted by molar-refractivity contribution is 7.07. The maximum Gasteiger partial charge on any atom is 0.124 e. The molecule has 0 saturated heterocycles. The second-order valence-electron chi connectivity index (χ2n) is 6.12. The van der Waals surface area contributed by atoms with Crippen LogP contribution < -0.4 is 9.47 Å². The molecule has 0 amide bonds. The van der Waals surface area contributed by atoms with Gasteiger partial charge in [0.25, 0.3) is 0 Å². The van der Waals surface area contributed by atoms with Crippen molar-refractivity contribution < 1.29 is 9.47 Å².